The third kappa shape index (κ3) is 3.82. The molecule has 3 nitrogen and oxygen atoms in total. The molecule has 118 valence electrons. The molecule has 0 radical (unpaired) electrons. The van der Waals surface area contributed by atoms with Crippen LogP contribution in [0.25, 0.3) is 0 Å². The van der Waals surface area contributed by atoms with Crippen LogP contribution in [0.1, 0.15) is 39.0 Å². The van der Waals surface area contributed by atoms with E-state index in [1.165, 1.54) is 32.1 Å². The van der Waals surface area contributed by atoms with Crippen molar-refractivity contribution in [3.8, 4) is 0 Å². The quantitative estimate of drug-likeness (QED) is 0.806. The lowest BCUT2D eigenvalue weighted by atomic mass is 9.95. The van der Waals surface area contributed by atoms with Crippen molar-refractivity contribution in [2.24, 2.45) is 4.99 Å². The van der Waals surface area contributed by atoms with Crippen LogP contribution >= 0.6 is 24.0 Å². The third-order valence-electron chi connectivity index (χ3n) is 4.18. The zero-order chi connectivity index (χ0) is 15.4. The first-order chi connectivity index (χ1) is 10.7. The van der Waals surface area contributed by atoms with Crippen molar-refractivity contribution in [3.63, 3.8) is 0 Å². The Morgan fingerprint density at radius 1 is 1.23 bits per heavy atom. The minimum Gasteiger partial charge on any atom is -0.332 e. The number of hydrogen-bond donors (Lipinski definition) is 1. The second-order valence-corrected chi connectivity index (χ2v) is 7.80. The highest BCUT2D eigenvalue weighted by atomic mass is 32.2. The molecule has 5 heteroatoms. The number of nitrogens with one attached hydrogen (secondary N) is 1. The van der Waals surface area contributed by atoms with E-state index in [1.54, 1.807) is 0 Å². The van der Waals surface area contributed by atoms with Gasteiger partial charge in [0.2, 0.25) is 0 Å². The molecule has 1 heterocycles. The highest BCUT2D eigenvalue weighted by molar-refractivity contribution is 8.14. The zero-order valence-electron chi connectivity index (χ0n) is 13.0. The van der Waals surface area contributed by atoms with E-state index in [2.05, 4.69) is 29.3 Å². The van der Waals surface area contributed by atoms with Gasteiger partial charge in [-0.2, -0.15) is 0 Å². The van der Waals surface area contributed by atoms with Crippen LogP contribution in [0.4, 0.5) is 5.69 Å². The van der Waals surface area contributed by atoms with Gasteiger partial charge in [-0.05, 0) is 37.2 Å². The highest BCUT2D eigenvalue weighted by Crippen LogP contribution is 2.30. The number of thioether (sulfide) groups is 1. The summed E-state index contributed by atoms with van der Waals surface area (Å²) in [6.45, 7) is 3.13. The number of aliphatic imine (C=N–C) groups is 1. The maximum absolute atomic E-state index is 5.73. The summed E-state index contributed by atoms with van der Waals surface area (Å²) in [4.78, 5) is 7.02. The first-order valence-corrected chi connectivity index (χ1v) is 9.39. The summed E-state index contributed by atoms with van der Waals surface area (Å²) in [5.41, 5.74) is 1.05. The zero-order valence-corrected chi connectivity index (χ0v) is 14.6. The summed E-state index contributed by atoms with van der Waals surface area (Å²) in [6, 6.07) is 10.7. The largest absolute Gasteiger partial charge is 0.332 e. The predicted octanol–water partition coefficient (Wildman–Crippen LogP) is 4.51. The van der Waals surface area contributed by atoms with Crippen molar-refractivity contribution in [1.82, 2.24) is 4.90 Å². The van der Waals surface area contributed by atoms with Gasteiger partial charge in [0.05, 0.1) is 6.54 Å². The lowest BCUT2D eigenvalue weighted by molar-refractivity contribution is 0.326. The van der Waals surface area contributed by atoms with Crippen LogP contribution in [0.5, 0.6) is 0 Å². The van der Waals surface area contributed by atoms with Gasteiger partial charge in [-0.3, -0.25) is 9.89 Å². The molecule has 1 aromatic carbocycles. The minimum atomic E-state index is 0.494. The minimum absolute atomic E-state index is 0.494. The fourth-order valence-corrected chi connectivity index (χ4v) is 4.47. The Bertz CT molecular complexity index is 538. The summed E-state index contributed by atoms with van der Waals surface area (Å²) in [6.07, 6.45) is 6.36. The predicted molar refractivity (Wildman–Crippen MR) is 101 cm³/mol. The van der Waals surface area contributed by atoms with Crippen LogP contribution in [0.2, 0.25) is 0 Å². The summed E-state index contributed by atoms with van der Waals surface area (Å²) in [5, 5.41) is 5.85. The van der Waals surface area contributed by atoms with Crippen molar-refractivity contribution in [1.29, 1.82) is 0 Å². The monoisotopic (exact) mass is 333 g/mol. The van der Waals surface area contributed by atoms with E-state index in [-0.39, 0.29) is 0 Å². The molecular weight excluding hydrogens is 310 g/mol. The van der Waals surface area contributed by atoms with E-state index < -0.39 is 0 Å². The first-order valence-electron chi connectivity index (χ1n) is 8.10. The number of amidine groups is 1. The van der Waals surface area contributed by atoms with Crippen LogP contribution in [-0.2, 0) is 0 Å². The normalized spacial score (nSPS) is 22.2. The Hall–Kier alpha value is -1.07. The Morgan fingerprint density at radius 2 is 1.95 bits per heavy atom. The van der Waals surface area contributed by atoms with Gasteiger partial charge in [-0.25, -0.2) is 0 Å². The van der Waals surface area contributed by atoms with Crippen LogP contribution in [0.3, 0.4) is 0 Å². The van der Waals surface area contributed by atoms with Gasteiger partial charge in [0.1, 0.15) is 0 Å². The van der Waals surface area contributed by atoms with Gasteiger partial charge < -0.3 is 5.32 Å². The molecule has 3 rings (SSSR count). The number of para-hydroxylation sites is 1. The molecule has 1 N–H and O–H groups in total. The van der Waals surface area contributed by atoms with Gasteiger partial charge in [-0.1, -0.05) is 56.1 Å². The van der Waals surface area contributed by atoms with Gasteiger partial charge >= 0.3 is 0 Å². The smallest absolute Gasteiger partial charge is 0.179 e. The van der Waals surface area contributed by atoms with Gasteiger partial charge in [-0.15, -0.1) is 0 Å². The molecule has 1 aliphatic heterocycles. The summed E-state index contributed by atoms with van der Waals surface area (Å²) < 4.78 is 0. The number of nitrogens with zero attached hydrogens (tertiary/aromatic N) is 2. The molecule has 1 aromatic rings. The molecule has 0 unspecified atom stereocenters. The molecule has 0 spiro atoms. The molecule has 2 aliphatic rings. The second kappa shape index (κ2) is 7.47. The Morgan fingerprint density at radius 3 is 2.59 bits per heavy atom. The number of benzene rings is 1. The van der Waals surface area contributed by atoms with E-state index in [1.807, 2.05) is 30.0 Å². The lowest BCUT2D eigenvalue weighted by Gasteiger charge is -2.35. The lowest BCUT2D eigenvalue weighted by Crippen LogP contribution is -2.46. The van der Waals surface area contributed by atoms with Crippen LogP contribution < -0.4 is 5.32 Å². The summed E-state index contributed by atoms with van der Waals surface area (Å²) in [7, 11) is 0. The topological polar surface area (TPSA) is 27.6 Å². The molecule has 0 amide bonds. The van der Waals surface area contributed by atoms with Crippen molar-refractivity contribution >= 4 is 39.9 Å². The van der Waals surface area contributed by atoms with Crippen molar-refractivity contribution in [2.45, 2.75) is 50.3 Å². The third-order valence-corrected chi connectivity index (χ3v) is 5.57. The van der Waals surface area contributed by atoms with Crippen molar-refractivity contribution in [3.05, 3.63) is 30.3 Å². The van der Waals surface area contributed by atoms with E-state index in [0.717, 1.165) is 22.5 Å². The molecule has 0 bridgehead atoms. The SMILES string of the molecule is C[C@H]1CN=C(N(C(=S)Nc2ccccc2)C2CCCCC2)S1. The summed E-state index contributed by atoms with van der Waals surface area (Å²) in [5.74, 6) is 0. The molecule has 0 saturated heterocycles. The van der Waals surface area contributed by atoms with Crippen LogP contribution in [-0.4, -0.2) is 33.0 Å². The molecule has 1 fully saturated rings. The van der Waals surface area contributed by atoms with Gasteiger partial charge in [0.15, 0.2) is 10.3 Å². The van der Waals surface area contributed by atoms with E-state index in [0.29, 0.717) is 11.3 Å². The number of hydrogen-bond acceptors (Lipinski definition) is 3. The summed E-state index contributed by atoms with van der Waals surface area (Å²) >= 11 is 7.59. The van der Waals surface area contributed by atoms with E-state index in [9.17, 15) is 0 Å². The number of anilines is 1. The Kier molecular flexibility index (Phi) is 5.37. The Balaban J connectivity index is 1.76. The molecule has 1 saturated carbocycles. The Labute approximate surface area is 142 Å². The molecule has 1 aliphatic carbocycles. The van der Waals surface area contributed by atoms with Crippen LogP contribution in [0, 0.1) is 0 Å². The maximum Gasteiger partial charge on any atom is 0.179 e. The van der Waals surface area contributed by atoms with Crippen LogP contribution in [0.15, 0.2) is 35.3 Å². The second-order valence-electron chi connectivity index (χ2n) is 6.01. The van der Waals surface area contributed by atoms with E-state index in [4.69, 9.17) is 17.2 Å². The molecule has 22 heavy (non-hydrogen) atoms. The number of rotatable bonds is 2. The van der Waals surface area contributed by atoms with Crippen molar-refractivity contribution in [2.75, 3.05) is 11.9 Å². The molecule has 1 atom stereocenters. The van der Waals surface area contributed by atoms with Gasteiger partial charge in [0.25, 0.3) is 0 Å². The fraction of sp³-hybridized carbons (Fsp3) is 0.529. The molecular formula is C17H23N3S2. The average Bonchev–Trinajstić information content (AvgIpc) is 2.95. The standard InChI is InChI=1S/C17H23N3S2/c1-13-12-18-17(22-13)20(15-10-6-3-7-11-15)16(21)19-14-8-4-2-5-9-14/h2,4-5,8-9,13,15H,3,6-7,10-12H2,1H3,(H,19,21)/t13-/m0/s1. The molecule has 0 aromatic heterocycles. The average molecular weight is 334 g/mol. The fourth-order valence-electron chi connectivity index (χ4n) is 3.05. The first kappa shape index (κ1) is 15.8. The van der Waals surface area contributed by atoms with E-state index >= 15 is 0 Å². The van der Waals surface area contributed by atoms with Gasteiger partial charge in [0, 0.05) is 17.0 Å². The highest BCUT2D eigenvalue weighted by Gasteiger charge is 2.30. The number of thiocarbonyl (C=S) groups is 1. The maximum atomic E-state index is 5.73. The van der Waals surface area contributed by atoms with Crippen molar-refractivity contribution < 1.29 is 0 Å².